The van der Waals surface area contributed by atoms with Crippen LogP contribution >= 0.6 is 11.6 Å². The van der Waals surface area contributed by atoms with Gasteiger partial charge in [0.15, 0.2) is 0 Å². The van der Waals surface area contributed by atoms with Crippen molar-refractivity contribution >= 4 is 17.7 Å². The monoisotopic (exact) mass is 305 g/mol. The highest BCUT2D eigenvalue weighted by Crippen LogP contribution is 2.24. The molecular weight excluding hydrogens is 286 g/mol. The molecule has 0 amide bonds. The van der Waals surface area contributed by atoms with Crippen molar-refractivity contribution in [3.63, 3.8) is 0 Å². The van der Waals surface area contributed by atoms with Gasteiger partial charge in [0.2, 0.25) is 0 Å². The Morgan fingerprint density at radius 3 is 2.71 bits per heavy atom. The van der Waals surface area contributed by atoms with Gasteiger partial charge in [-0.1, -0.05) is 17.2 Å². The molecule has 4 heteroatoms. The van der Waals surface area contributed by atoms with Gasteiger partial charge in [-0.3, -0.25) is 0 Å². The molecule has 2 aromatic rings. The van der Waals surface area contributed by atoms with Crippen LogP contribution in [0.4, 0.5) is 0 Å². The third-order valence-corrected chi connectivity index (χ3v) is 3.28. The van der Waals surface area contributed by atoms with Gasteiger partial charge >= 0.3 is 0 Å². The highest BCUT2D eigenvalue weighted by atomic mass is 35.5. The first-order valence-corrected chi connectivity index (χ1v) is 7.29. The van der Waals surface area contributed by atoms with Crippen LogP contribution in [0.3, 0.4) is 0 Å². The molecule has 0 unspecified atom stereocenters. The van der Waals surface area contributed by atoms with E-state index < -0.39 is 0 Å². The largest absolute Gasteiger partial charge is 0.457 e. The van der Waals surface area contributed by atoms with Crippen LogP contribution in [0.15, 0.2) is 46.4 Å². The third-order valence-electron chi connectivity index (χ3n) is 3.03. The number of ether oxygens (including phenoxy) is 1. The Labute approximate surface area is 130 Å². The lowest BCUT2D eigenvalue weighted by Crippen LogP contribution is -2.20. The normalized spacial score (nSPS) is 11.9. The number of benzene rings is 1. The molecular formula is C17H20ClNO2. The zero-order chi connectivity index (χ0) is 15.1. The Kier molecular flexibility index (Phi) is 6.05. The van der Waals surface area contributed by atoms with E-state index in [4.69, 9.17) is 20.8 Å². The Hall–Kier alpha value is -1.55. The number of nitrogens with one attached hydrogen (secondary N) is 1. The summed E-state index contributed by atoms with van der Waals surface area (Å²) in [6.07, 6.45) is 2.04. The second-order valence-corrected chi connectivity index (χ2v) is 5.31. The van der Waals surface area contributed by atoms with Crippen LogP contribution in [0.5, 0.6) is 0 Å². The maximum Gasteiger partial charge on any atom is 0.134 e. The van der Waals surface area contributed by atoms with Crippen LogP contribution in [-0.2, 0) is 4.74 Å². The lowest BCUT2D eigenvalue weighted by atomic mass is 10.2. The molecule has 0 saturated heterocycles. The molecule has 0 atom stereocenters. The molecule has 0 fully saturated rings. The first-order chi connectivity index (χ1) is 10.2. The van der Waals surface area contributed by atoms with Crippen LogP contribution in [0.1, 0.15) is 12.7 Å². The minimum Gasteiger partial charge on any atom is -0.457 e. The van der Waals surface area contributed by atoms with Crippen LogP contribution in [-0.4, -0.2) is 26.8 Å². The van der Waals surface area contributed by atoms with E-state index >= 15 is 0 Å². The van der Waals surface area contributed by atoms with E-state index in [1.165, 1.54) is 5.57 Å². The third kappa shape index (κ3) is 5.05. The predicted molar refractivity (Wildman–Crippen MR) is 87.6 cm³/mol. The summed E-state index contributed by atoms with van der Waals surface area (Å²) < 4.78 is 10.8. The first kappa shape index (κ1) is 15.8. The average molecular weight is 306 g/mol. The molecule has 1 aromatic heterocycles. The standard InChI is InChI=1S/C17H20ClNO2/c1-13(12-19-9-10-20-2)11-16-7-8-17(21-16)14-3-5-15(18)6-4-14/h3-8,11,19H,9-10,12H2,1-2H3. The lowest BCUT2D eigenvalue weighted by molar-refractivity contribution is 0.200. The molecule has 0 spiro atoms. The van der Waals surface area contributed by atoms with Crippen LogP contribution in [0.25, 0.3) is 17.4 Å². The molecule has 0 aliphatic carbocycles. The van der Waals surface area contributed by atoms with Crippen LogP contribution in [0.2, 0.25) is 5.02 Å². The van der Waals surface area contributed by atoms with Crippen LogP contribution < -0.4 is 5.32 Å². The summed E-state index contributed by atoms with van der Waals surface area (Å²) in [4.78, 5) is 0. The average Bonchev–Trinajstić information content (AvgIpc) is 2.93. The van der Waals surface area contributed by atoms with E-state index in [2.05, 4.69) is 12.2 Å². The van der Waals surface area contributed by atoms with Gasteiger partial charge in [-0.2, -0.15) is 0 Å². The van der Waals surface area contributed by atoms with Crippen molar-refractivity contribution in [1.82, 2.24) is 5.32 Å². The zero-order valence-corrected chi connectivity index (χ0v) is 13.1. The number of rotatable bonds is 7. The van der Waals surface area contributed by atoms with Crippen molar-refractivity contribution in [3.8, 4) is 11.3 Å². The zero-order valence-electron chi connectivity index (χ0n) is 12.4. The van der Waals surface area contributed by atoms with E-state index in [-0.39, 0.29) is 0 Å². The van der Waals surface area contributed by atoms with Gasteiger partial charge in [-0.15, -0.1) is 0 Å². The summed E-state index contributed by atoms with van der Waals surface area (Å²) in [7, 11) is 1.70. The summed E-state index contributed by atoms with van der Waals surface area (Å²) in [6, 6.07) is 11.6. The van der Waals surface area contributed by atoms with Crippen molar-refractivity contribution < 1.29 is 9.15 Å². The molecule has 3 nitrogen and oxygen atoms in total. The van der Waals surface area contributed by atoms with E-state index in [9.17, 15) is 0 Å². The highest BCUT2D eigenvalue weighted by Gasteiger charge is 2.03. The van der Waals surface area contributed by atoms with Gasteiger partial charge in [0.05, 0.1) is 6.61 Å². The Morgan fingerprint density at radius 2 is 2.00 bits per heavy atom. The topological polar surface area (TPSA) is 34.4 Å². The van der Waals surface area contributed by atoms with Crippen molar-refractivity contribution in [3.05, 3.63) is 52.8 Å². The van der Waals surface area contributed by atoms with Crippen molar-refractivity contribution in [2.24, 2.45) is 0 Å². The lowest BCUT2D eigenvalue weighted by Gasteiger charge is -2.03. The van der Waals surface area contributed by atoms with Crippen LogP contribution in [0, 0.1) is 0 Å². The quantitative estimate of drug-likeness (QED) is 0.777. The Morgan fingerprint density at radius 1 is 1.24 bits per heavy atom. The molecule has 0 saturated carbocycles. The SMILES string of the molecule is COCCNCC(C)=Cc1ccc(-c2ccc(Cl)cc2)o1. The van der Waals surface area contributed by atoms with Crippen molar-refractivity contribution in [1.29, 1.82) is 0 Å². The van der Waals surface area contributed by atoms with E-state index in [1.54, 1.807) is 7.11 Å². The molecule has 0 bridgehead atoms. The van der Waals surface area contributed by atoms with Gasteiger partial charge < -0.3 is 14.5 Å². The van der Waals surface area contributed by atoms with Gasteiger partial charge in [0.25, 0.3) is 0 Å². The minimum absolute atomic E-state index is 0.717. The predicted octanol–water partition coefficient (Wildman–Crippen LogP) is 4.24. The number of halogens is 1. The maximum absolute atomic E-state index is 5.89. The summed E-state index contributed by atoms with van der Waals surface area (Å²) in [5.74, 6) is 1.70. The maximum atomic E-state index is 5.89. The molecule has 0 aliphatic heterocycles. The fraction of sp³-hybridized carbons (Fsp3) is 0.294. The number of methoxy groups -OCH3 is 1. The first-order valence-electron chi connectivity index (χ1n) is 6.91. The second-order valence-electron chi connectivity index (χ2n) is 4.87. The van der Waals surface area contributed by atoms with Crippen molar-refractivity contribution in [2.45, 2.75) is 6.92 Å². The molecule has 0 aliphatic rings. The molecule has 112 valence electrons. The minimum atomic E-state index is 0.717. The highest BCUT2D eigenvalue weighted by molar-refractivity contribution is 6.30. The fourth-order valence-electron chi connectivity index (χ4n) is 1.95. The Bertz CT molecular complexity index is 587. The fourth-order valence-corrected chi connectivity index (χ4v) is 2.08. The summed E-state index contributed by atoms with van der Waals surface area (Å²) >= 11 is 5.89. The summed E-state index contributed by atoms with van der Waals surface area (Å²) in [6.45, 7) is 4.45. The smallest absolute Gasteiger partial charge is 0.134 e. The molecule has 1 aromatic carbocycles. The summed E-state index contributed by atoms with van der Waals surface area (Å²) in [5, 5.41) is 4.03. The summed E-state index contributed by atoms with van der Waals surface area (Å²) in [5.41, 5.74) is 2.23. The number of hydrogen-bond acceptors (Lipinski definition) is 3. The van der Waals surface area contributed by atoms with Gasteiger partial charge in [0.1, 0.15) is 11.5 Å². The van der Waals surface area contributed by atoms with E-state index in [1.807, 2.05) is 42.5 Å². The van der Waals surface area contributed by atoms with Gasteiger partial charge in [-0.25, -0.2) is 0 Å². The second kappa shape index (κ2) is 8.03. The van der Waals surface area contributed by atoms with Crippen molar-refractivity contribution in [2.75, 3.05) is 26.8 Å². The van der Waals surface area contributed by atoms with Gasteiger partial charge in [0, 0.05) is 30.8 Å². The van der Waals surface area contributed by atoms with Gasteiger partial charge in [-0.05, 0) is 49.4 Å². The molecule has 21 heavy (non-hydrogen) atoms. The molecule has 0 radical (unpaired) electrons. The molecule has 1 N–H and O–H groups in total. The van der Waals surface area contributed by atoms with E-state index in [0.29, 0.717) is 0 Å². The molecule has 1 heterocycles. The Balaban J connectivity index is 1.97. The molecule has 2 rings (SSSR count). The number of hydrogen-bond donors (Lipinski definition) is 1. The number of furan rings is 1. The van der Waals surface area contributed by atoms with E-state index in [0.717, 1.165) is 41.8 Å².